The molecule has 2 saturated carbocycles. The highest BCUT2D eigenvalue weighted by atomic mass is 31.2. The van der Waals surface area contributed by atoms with Gasteiger partial charge in [0.1, 0.15) is 23.7 Å². The van der Waals surface area contributed by atoms with Crippen LogP contribution in [0, 0.1) is 29.6 Å². The smallest absolute Gasteiger partial charge is 0.342 e. The molecule has 1 unspecified atom stereocenters. The maximum atomic E-state index is 13.5. The van der Waals surface area contributed by atoms with Gasteiger partial charge in [-0.25, -0.2) is 5.09 Å². The van der Waals surface area contributed by atoms with E-state index in [1.807, 2.05) is 12.1 Å². The third kappa shape index (κ3) is 4.86. The van der Waals surface area contributed by atoms with Crippen LogP contribution in [0.3, 0.4) is 0 Å². The Morgan fingerprint density at radius 1 is 1.28 bits per heavy atom. The molecule has 0 heterocycles. The van der Waals surface area contributed by atoms with Crippen LogP contribution in [-0.2, 0) is 25.3 Å². The van der Waals surface area contributed by atoms with Crippen molar-refractivity contribution in [3.8, 4) is 18.1 Å². The zero-order chi connectivity index (χ0) is 26.3. The fourth-order valence-corrected chi connectivity index (χ4v) is 8.65. The van der Waals surface area contributed by atoms with Crippen LogP contribution in [0.1, 0.15) is 76.8 Å². The fraction of sp³-hybridized carbons (Fsp3) is 0.679. The molecular formula is C28H40NO6P. The maximum absolute atomic E-state index is 13.5. The first kappa shape index (κ1) is 27.2. The zero-order valence-electron chi connectivity index (χ0n) is 22.1. The van der Waals surface area contributed by atoms with Crippen molar-refractivity contribution in [1.82, 2.24) is 5.09 Å². The van der Waals surface area contributed by atoms with E-state index in [4.69, 9.17) is 20.4 Å². The lowest BCUT2D eigenvalue weighted by molar-refractivity contribution is -0.149. The number of esters is 1. The Morgan fingerprint density at radius 2 is 2.03 bits per heavy atom. The number of hydrogen-bond acceptors (Lipinski definition) is 6. The number of aryl methyl sites for hydroxylation is 1. The summed E-state index contributed by atoms with van der Waals surface area (Å²) in [6.07, 6.45) is 10.8. The molecule has 2 N–H and O–H groups in total. The van der Waals surface area contributed by atoms with Crippen LogP contribution in [0.4, 0.5) is 0 Å². The van der Waals surface area contributed by atoms with Gasteiger partial charge >= 0.3 is 13.5 Å². The minimum Gasteiger partial charge on any atom is -0.462 e. The van der Waals surface area contributed by atoms with Crippen molar-refractivity contribution >= 4 is 13.5 Å². The number of carbonyl (C=O) groups is 1. The number of fused-ring (bicyclic) bond motifs is 5. The molecule has 8 heteroatoms. The van der Waals surface area contributed by atoms with E-state index >= 15 is 0 Å². The van der Waals surface area contributed by atoms with Gasteiger partial charge < -0.3 is 19.1 Å². The third-order valence-corrected chi connectivity index (χ3v) is 10.6. The van der Waals surface area contributed by atoms with Gasteiger partial charge in [-0.05, 0) is 100 Å². The predicted molar refractivity (Wildman–Crippen MR) is 139 cm³/mol. The second kappa shape index (κ2) is 10.1. The average molecular weight is 518 g/mol. The van der Waals surface area contributed by atoms with Crippen molar-refractivity contribution in [1.29, 1.82) is 0 Å². The summed E-state index contributed by atoms with van der Waals surface area (Å²) in [6.45, 7) is 7.32. The molecule has 0 saturated heterocycles. The van der Waals surface area contributed by atoms with Gasteiger partial charge in [-0.3, -0.25) is 9.36 Å². The van der Waals surface area contributed by atoms with Gasteiger partial charge in [-0.2, -0.15) is 0 Å². The molecule has 0 radical (unpaired) electrons. The van der Waals surface area contributed by atoms with Gasteiger partial charge in [-0.15, -0.1) is 6.42 Å². The molecule has 2 fully saturated rings. The average Bonchev–Trinajstić information content (AvgIpc) is 3.09. The molecule has 7 nitrogen and oxygen atoms in total. The van der Waals surface area contributed by atoms with Crippen molar-refractivity contribution in [3.63, 3.8) is 0 Å². The molecule has 198 valence electrons. The minimum atomic E-state index is -3.52. The summed E-state index contributed by atoms with van der Waals surface area (Å²) in [6, 6.07) is 5.13. The van der Waals surface area contributed by atoms with Gasteiger partial charge in [0.05, 0.1) is 6.10 Å². The van der Waals surface area contributed by atoms with E-state index < -0.39 is 25.1 Å². The molecule has 1 aromatic carbocycles. The quantitative estimate of drug-likeness (QED) is 0.284. The highest BCUT2D eigenvalue weighted by Gasteiger charge is 2.61. The van der Waals surface area contributed by atoms with Gasteiger partial charge in [0.25, 0.3) is 0 Å². The number of terminal acetylenes is 1. The minimum absolute atomic E-state index is 0.174. The molecule has 36 heavy (non-hydrogen) atoms. The van der Waals surface area contributed by atoms with E-state index in [0.29, 0.717) is 29.9 Å². The van der Waals surface area contributed by atoms with E-state index in [1.54, 1.807) is 20.8 Å². The Hall–Kier alpha value is -1.84. The number of carbonyl (C=O) groups excluding carboxylic acids is 1. The summed E-state index contributed by atoms with van der Waals surface area (Å²) < 4.78 is 29.9. The summed E-state index contributed by atoms with van der Waals surface area (Å²) in [7, 11) is -2.07. The third-order valence-electron chi connectivity index (χ3n) is 8.74. The molecule has 0 aliphatic heterocycles. The van der Waals surface area contributed by atoms with Crippen LogP contribution >= 0.6 is 7.52 Å². The second-order valence-electron chi connectivity index (χ2n) is 11.3. The molecule has 3 aliphatic carbocycles. The van der Waals surface area contributed by atoms with Crippen LogP contribution < -0.4 is 9.61 Å². The number of aliphatic hydroxyl groups is 1. The van der Waals surface area contributed by atoms with E-state index in [9.17, 15) is 14.5 Å². The Kier molecular flexibility index (Phi) is 7.66. The molecule has 3 aliphatic rings. The standard InChI is InChI=1S/C28H40NO6P/c1-7-28(31)15-13-25-24-10-8-20-16-21(9-11-22(20)23(24)12-14-27(25,28)5)35-36(32,17-33-6)29-19(4)26(30)34-18(2)3/h1,9,11,16,18-19,23-25,31H,8,10,12-15,17H2,2-6H3,(H,29,32)/t19-,23+,24+,25-,27-,28-,36?/m0/s1. The number of benzene rings is 1. The highest BCUT2D eigenvalue weighted by Crippen LogP contribution is 2.64. The Labute approximate surface area is 215 Å². The van der Waals surface area contributed by atoms with Gasteiger partial charge in [0.2, 0.25) is 0 Å². The summed E-state index contributed by atoms with van der Waals surface area (Å²) in [4.78, 5) is 12.2. The number of nitrogens with one attached hydrogen (secondary N) is 1. The monoisotopic (exact) mass is 517 g/mol. The lowest BCUT2D eigenvalue weighted by atomic mass is 9.53. The second-order valence-corrected chi connectivity index (χ2v) is 13.3. The van der Waals surface area contributed by atoms with Gasteiger partial charge in [-0.1, -0.05) is 18.9 Å². The summed E-state index contributed by atoms with van der Waals surface area (Å²) in [5.74, 6) is 4.08. The molecule has 4 rings (SSSR count). The zero-order valence-corrected chi connectivity index (χ0v) is 23.0. The predicted octanol–water partition coefficient (Wildman–Crippen LogP) is 5.01. The Morgan fingerprint density at radius 3 is 2.69 bits per heavy atom. The van der Waals surface area contributed by atoms with Crippen molar-refractivity contribution in [3.05, 3.63) is 29.3 Å². The van der Waals surface area contributed by atoms with Gasteiger partial charge in [0, 0.05) is 12.5 Å². The normalized spacial score (nSPS) is 33.4. The maximum Gasteiger partial charge on any atom is 0.342 e. The van der Waals surface area contributed by atoms with E-state index in [1.165, 1.54) is 18.2 Å². The van der Waals surface area contributed by atoms with Crippen LogP contribution in [0.5, 0.6) is 5.75 Å². The number of rotatable bonds is 8. The molecule has 0 bridgehead atoms. The van der Waals surface area contributed by atoms with E-state index in [2.05, 4.69) is 24.0 Å². The Balaban J connectivity index is 1.51. The van der Waals surface area contributed by atoms with Crippen molar-refractivity contribution in [2.24, 2.45) is 17.3 Å². The summed E-state index contributed by atoms with van der Waals surface area (Å²) >= 11 is 0. The first-order valence-electron chi connectivity index (χ1n) is 13.0. The van der Waals surface area contributed by atoms with Crippen LogP contribution in [0.2, 0.25) is 0 Å². The van der Waals surface area contributed by atoms with Crippen molar-refractivity contribution in [2.75, 3.05) is 13.5 Å². The molecular weight excluding hydrogens is 477 g/mol. The number of hydrogen-bond donors (Lipinski definition) is 2. The first-order chi connectivity index (χ1) is 16.9. The van der Waals surface area contributed by atoms with Crippen LogP contribution in [0.15, 0.2) is 18.2 Å². The highest BCUT2D eigenvalue weighted by molar-refractivity contribution is 7.57. The summed E-state index contributed by atoms with van der Waals surface area (Å²) in [5, 5.41) is 14.0. The SMILES string of the molecule is C#C[C@]1(O)CC[C@H]2[C@@H]3CCc4cc(OP(=O)(COC)N[C@@H](C)C(=O)OC(C)C)ccc4[C@H]3CC[C@@]21C. The Bertz CT molecular complexity index is 1080. The molecule has 7 atom stereocenters. The fourth-order valence-electron chi connectivity index (χ4n) is 6.98. The molecule has 1 aromatic rings. The lowest BCUT2D eigenvalue weighted by Gasteiger charge is -2.52. The van der Waals surface area contributed by atoms with Crippen molar-refractivity contribution < 1.29 is 28.5 Å². The van der Waals surface area contributed by atoms with E-state index in [0.717, 1.165) is 32.1 Å². The largest absolute Gasteiger partial charge is 0.462 e. The van der Waals surface area contributed by atoms with Crippen LogP contribution in [-0.4, -0.2) is 42.3 Å². The summed E-state index contributed by atoms with van der Waals surface area (Å²) in [5.41, 5.74) is 1.29. The molecule has 0 aromatic heterocycles. The number of methoxy groups -OCH3 is 1. The van der Waals surface area contributed by atoms with Crippen LogP contribution in [0.25, 0.3) is 0 Å². The number of ether oxygens (including phenoxy) is 2. The first-order valence-corrected chi connectivity index (χ1v) is 14.8. The van der Waals surface area contributed by atoms with Gasteiger partial charge in [0.15, 0.2) is 0 Å². The molecule has 0 amide bonds. The molecule has 0 spiro atoms. The topological polar surface area (TPSA) is 94.1 Å². The van der Waals surface area contributed by atoms with Crippen molar-refractivity contribution in [2.45, 2.75) is 89.9 Å². The lowest BCUT2D eigenvalue weighted by Crippen LogP contribution is -2.50. The van der Waals surface area contributed by atoms with E-state index in [-0.39, 0.29) is 17.9 Å².